The van der Waals surface area contributed by atoms with Crippen LogP contribution in [0.3, 0.4) is 0 Å². The molecule has 0 unspecified atom stereocenters. The maximum Gasteiger partial charge on any atom is 0.303 e. The molecule has 4 nitrogen and oxygen atoms in total. The average molecular weight is 393 g/mol. The molecule has 0 aromatic carbocycles. The van der Waals surface area contributed by atoms with E-state index in [-0.39, 0.29) is 12.4 Å². The third kappa shape index (κ3) is 26.1. The first-order chi connectivity index (χ1) is 13.0. The molecule has 0 fully saturated rings. The van der Waals surface area contributed by atoms with Crippen molar-refractivity contribution in [3.05, 3.63) is 46.6 Å². The minimum atomic E-state index is -0.724. The molecule has 0 aliphatic carbocycles. The molecule has 0 saturated heterocycles. The van der Waals surface area contributed by atoms with Gasteiger partial charge in [0.25, 0.3) is 0 Å². The van der Waals surface area contributed by atoms with Gasteiger partial charge in [-0.3, -0.25) is 9.59 Å². The predicted octanol–water partition coefficient (Wildman–Crippen LogP) is 6.79. The van der Waals surface area contributed by atoms with Crippen LogP contribution in [0.5, 0.6) is 0 Å². The topological polar surface area (TPSA) is 63.6 Å². The zero-order chi connectivity index (χ0) is 21.9. The molecule has 0 saturated carbocycles. The van der Waals surface area contributed by atoms with Gasteiger partial charge >= 0.3 is 11.9 Å². The molecule has 160 valence electrons. The lowest BCUT2D eigenvalue weighted by Gasteiger charge is -2.00. The average Bonchev–Trinajstić information content (AvgIpc) is 2.54. The van der Waals surface area contributed by atoms with Crippen molar-refractivity contribution in [2.45, 2.75) is 87.0 Å². The summed E-state index contributed by atoms with van der Waals surface area (Å²) in [4.78, 5) is 20.7. The first kappa shape index (κ1) is 28.1. The number of allylic oxidation sites excluding steroid dienone is 7. The summed E-state index contributed by atoms with van der Waals surface area (Å²) in [5.41, 5.74) is 5.23. The number of ether oxygens (including phenoxy) is 1. The van der Waals surface area contributed by atoms with Crippen LogP contribution in [0.15, 0.2) is 46.6 Å². The van der Waals surface area contributed by atoms with Crippen LogP contribution >= 0.6 is 0 Å². The van der Waals surface area contributed by atoms with Gasteiger partial charge in [-0.1, -0.05) is 40.5 Å². The van der Waals surface area contributed by atoms with E-state index in [1.165, 1.54) is 29.2 Å². The van der Waals surface area contributed by atoms with Crippen LogP contribution in [0.25, 0.3) is 0 Å². The minimum absolute atomic E-state index is 0.224. The number of hydrogen-bond acceptors (Lipinski definition) is 3. The van der Waals surface area contributed by atoms with E-state index in [2.05, 4.69) is 53.7 Å². The SMILES string of the molecule is CC(=O)OCC=C(C)CCC=C(C)C.CC(C)=CCCC(C)=CCCC(=O)O. The summed E-state index contributed by atoms with van der Waals surface area (Å²) in [5.74, 6) is -0.948. The summed E-state index contributed by atoms with van der Waals surface area (Å²) < 4.78 is 4.81. The molecular formula is C24H40O4. The van der Waals surface area contributed by atoms with Crippen LogP contribution < -0.4 is 0 Å². The first-order valence-corrected chi connectivity index (χ1v) is 9.97. The second kappa shape index (κ2) is 18.3. The molecule has 0 aromatic heterocycles. The van der Waals surface area contributed by atoms with Gasteiger partial charge in [0.05, 0.1) is 0 Å². The zero-order valence-corrected chi connectivity index (χ0v) is 18.9. The Morgan fingerprint density at radius 1 is 0.679 bits per heavy atom. The van der Waals surface area contributed by atoms with E-state index in [1.807, 2.05) is 12.2 Å². The highest BCUT2D eigenvalue weighted by Gasteiger charge is 1.94. The second-order valence-electron chi connectivity index (χ2n) is 7.48. The zero-order valence-electron chi connectivity index (χ0n) is 18.9. The lowest BCUT2D eigenvalue weighted by molar-refractivity contribution is -0.140. The van der Waals surface area contributed by atoms with Crippen LogP contribution in [-0.2, 0) is 14.3 Å². The van der Waals surface area contributed by atoms with Crippen molar-refractivity contribution in [2.24, 2.45) is 0 Å². The lowest BCUT2D eigenvalue weighted by Crippen LogP contribution is -1.98. The quantitative estimate of drug-likeness (QED) is 0.311. The number of carbonyl (C=O) groups excluding carboxylic acids is 1. The standard InChI is InChI=1S/2C12H20O2/c1-10(2)6-5-7-11(3)8-9-14-12(4)13;1-10(2)6-4-7-11(3)8-5-9-12(13)14/h6,8H,5,7,9H2,1-4H3;6,8H,4-5,7,9H2,1-3H3,(H,13,14). The van der Waals surface area contributed by atoms with Gasteiger partial charge < -0.3 is 9.84 Å². The van der Waals surface area contributed by atoms with Crippen LogP contribution in [0.1, 0.15) is 87.0 Å². The summed E-state index contributed by atoms with van der Waals surface area (Å²) in [6.45, 7) is 14.3. The van der Waals surface area contributed by atoms with E-state index in [0.29, 0.717) is 13.0 Å². The molecule has 0 rings (SSSR count). The fourth-order valence-electron chi connectivity index (χ4n) is 2.12. The van der Waals surface area contributed by atoms with Gasteiger partial charge in [0.15, 0.2) is 0 Å². The molecule has 0 aliphatic heterocycles. The lowest BCUT2D eigenvalue weighted by atomic mass is 10.1. The molecule has 0 aromatic rings. The Hall–Kier alpha value is -2.10. The Balaban J connectivity index is 0. The van der Waals surface area contributed by atoms with Crippen molar-refractivity contribution in [1.82, 2.24) is 0 Å². The van der Waals surface area contributed by atoms with E-state index < -0.39 is 5.97 Å². The number of carboxylic acids is 1. The van der Waals surface area contributed by atoms with Gasteiger partial charge in [-0.25, -0.2) is 0 Å². The smallest absolute Gasteiger partial charge is 0.303 e. The molecule has 0 radical (unpaired) electrons. The highest BCUT2D eigenvalue weighted by atomic mass is 16.5. The summed E-state index contributed by atoms with van der Waals surface area (Å²) >= 11 is 0. The predicted molar refractivity (Wildman–Crippen MR) is 118 cm³/mol. The monoisotopic (exact) mass is 392 g/mol. The van der Waals surface area contributed by atoms with Crippen LogP contribution in [0.2, 0.25) is 0 Å². The van der Waals surface area contributed by atoms with E-state index in [0.717, 1.165) is 25.7 Å². The number of aliphatic carboxylic acids is 1. The summed E-state index contributed by atoms with van der Waals surface area (Å²) in [6.07, 6.45) is 13.5. The third-order valence-corrected chi connectivity index (χ3v) is 3.75. The molecule has 0 heterocycles. The first-order valence-electron chi connectivity index (χ1n) is 9.97. The summed E-state index contributed by atoms with van der Waals surface area (Å²) in [7, 11) is 0. The van der Waals surface area contributed by atoms with E-state index >= 15 is 0 Å². The van der Waals surface area contributed by atoms with Gasteiger partial charge in [-0.15, -0.1) is 0 Å². The molecule has 0 bridgehead atoms. The summed E-state index contributed by atoms with van der Waals surface area (Å²) in [6, 6.07) is 0. The fraction of sp³-hybridized carbons (Fsp3) is 0.583. The van der Waals surface area contributed by atoms with Gasteiger partial charge in [0.2, 0.25) is 0 Å². The largest absolute Gasteiger partial charge is 0.481 e. The minimum Gasteiger partial charge on any atom is -0.481 e. The van der Waals surface area contributed by atoms with Crippen molar-refractivity contribution in [3.63, 3.8) is 0 Å². The van der Waals surface area contributed by atoms with Crippen molar-refractivity contribution in [3.8, 4) is 0 Å². The summed E-state index contributed by atoms with van der Waals surface area (Å²) in [5, 5.41) is 8.44. The Labute approximate surface area is 172 Å². The van der Waals surface area contributed by atoms with Crippen molar-refractivity contribution in [1.29, 1.82) is 0 Å². The molecular weight excluding hydrogens is 352 g/mol. The maximum atomic E-state index is 10.5. The van der Waals surface area contributed by atoms with Crippen molar-refractivity contribution >= 4 is 11.9 Å². The van der Waals surface area contributed by atoms with Crippen LogP contribution in [-0.4, -0.2) is 23.7 Å². The molecule has 1 N–H and O–H groups in total. The Morgan fingerprint density at radius 2 is 1.11 bits per heavy atom. The maximum absolute atomic E-state index is 10.5. The van der Waals surface area contributed by atoms with Gasteiger partial charge in [0.1, 0.15) is 6.61 Å². The molecule has 4 heteroatoms. The fourth-order valence-corrected chi connectivity index (χ4v) is 2.12. The Kier molecular flexibility index (Phi) is 18.3. The van der Waals surface area contributed by atoms with Crippen LogP contribution in [0, 0.1) is 0 Å². The van der Waals surface area contributed by atoms with E-state index in [1.54, 1.807) is 0 Å². The second-order valence-corrected chi connectivity index (χ2v) is 7.48. The van der Waals surface area contributed by atoms with Gasteiger partial charge in [-0.2, -0.15) is 0 Å². The molecule has 0 aliphatic rings. The third-order valence-electron chi connectivity index (χ3n) is 3.75. The van der Waals surface area contributed by atoms with Crippen molar-refractivity contribution < 1.29 is 19.4 Å². The van der Waals surface area contributed by atoms with E-state index in [9.17, 15) is 9.59 Å². The van der Waals surface area contributed by atoms with E-state index in [4.69, 9.17) is 9.84 Å². The number of carbonyl (C=O) groups is 2. The van der Waals surface area contributed by atoms with Gasteiger partial charge in [0, 0.05) is 13.3 Å². The Bertz CT molecular complexity index is 517. The normalized spacial score (nSPS) is 11.1. The number of hydrogen-bond donors (Lipinski definition) is 1. The number of carboxylic acid groups (broad SMARTS) is 1. The molecule has 0 spiro atoms. The molecule has 0 amide bonds. The van der Waals surface area contributed by atoms with Gasteiger partial charge in [-0.05, 0) is 79.7 Å². The molecule has 0 atom stereocenters. The highest BCUT2D eigenvalue weighted by molar-refractivity contribution is 5.66. The van der Waals surface area contributed by atoms with Crippen LogP contribution in [0.4, 0.5) is 0 Å². The number of esters is 1. The number of rotatable bonds is 11. The molecule has 28 heavy (non-hydrogen) atoms. The van der Waals surface area contributed by atoms with Crippen molar-refractivity contribution in [2.75, 3.05) is 6.61 Å². The Morgan fingerprint density at radius 3 is 1.50 bits per heavy atom. The highest BCUT2D eigenvalue weighted by Crippen LogP contribution is 2.08.